The highest BCUT2D eigenvalue weighted by Gasteiger charge is 2.29. The molecule has 1 saturated heterocycles. The normalized spacial score (nSPS) is 21.1. The van der Waals surface area contributed by atoms with Gasteiger partial charge in [-0.15, -0.1) is 0 Å². The Morgan fingerprint density at radius 3 is 2.67 bits per heavy atom. The molecule has 1 unspecified atom stereocenters. The summed E-state index contributed by atoms with van der Waals surface area (Å²) in [5, 5.41) is 2.72. The zero-order valence-electron chi connectivity index (χ0n) is 13.3. The zero-order valence-corrected chi connectivity index (χ0v) is 13.3. The summed E-state index contributed by atoms with van der Waals surface area (Å²) < 4.78 is 10.6. The highest BCUT2D eigenvalue weighted by Crippen LogP contribution is 2.17. The molecule has 1 aliphatic heterocycles. The molecule has 3 N–H and O–H groups in total. The molecule has 1 fully saturated rings. The van der Waals surface area contributed by atoms with E-state index in [1.807, 2.05) is 13.8 Å². The fourth-order valence-electron chi connectivity index (χ4n) is 2.44. The van der Waals surface area contributed by atoms with Crippen molar-refractivity contribution in [1.29, 1.82) is 0 Å². The van der Waals surface area contributed by atoms with Gasteiger partial charge in [0.05, 0.1) is 18.8 Å². The number of rotatable bonds is 8. The van der Waals surface area contributed by atoms with Crippen molar-refractivity contribution in [3.8, 4) is 0 Å². The predicted molar refractivity (Wildman–Crippen MR) is 79.6 cm³/mol. The summed E-state index contributed by atoms with van der Waals surface area (Å²) >= 11 is 0. The average molecular weight is 300 g/mol. The Balaban J connectivity index is 2.58. The van der Waals surface area contributed by atoms with Gasteiger partial charge in [-0.3, -0.25) is 4.79 Å². The second-order valence-corrected chi connectivity index (χ2v) is 5.92. The van der Waals surface area contributed by atoms with Crippen molar-refractivity contribution in [2.45, 2.75) is 64.6 Å². The molecule has 1 aliphatic rings. The lowest BCUT2D eigenvalue weighted by Crippen LogP contribution is -2.50. The Morgan fingerprint density at radius 2 is 2.14 bits per heavy atom. The number of hydrogen-bond acceptors (Lipinski definition) is 5. The van der Waals surface area contributed by atoms with E-state index in [0.29, 0.717) is 25.4 Å². The number of ether oxygens (including phenoxy) is 2. The van der Waals surface area contributed by atoms with E-state index in [0.717, 1.165) is 12.8 Å². The molecule has 0 aromatic heterocycles. The van der Waals surface area contributed by atoms with Gasteiger partial charge in [0.15, 0.2) is 0 Å². The molecule has 1 rings (SSSR count). The van der Waals surface area contributed by atoms with Crippen molar-refractivity contribution in [1.82, 2.24) is 5.32 Å². The van der Waals surface area contributed by atoms with Crippen molar-refractivity contribution in [2.24, 2.45) is 11.7 Å². The van der Waals surface area contributed by atoms with Crippen molar-refractivity contribution in [3.05, 3.63) is 0 Å². The third-order valence-corrected chi connectivity index (χ3v) is 3.47. The molecule has 6 nitrogen and oxygen atoms in total. The molecule has 6 heteroatoms. The molecule has 0 bridgehead atoms. The van der Waals surface area contributed by atoms with Gasteiger partial charge in [-0.25, -0.2) is 4.79 Å². The maximum absolute atomic E-state index is 12.1. The van der Waals surface area contributed by atoms with Crippen LogP contribution < -0.4 is 11.1 Å². The summed E-state index contributed by atoms with van der Waals surface area (Å²) in [4.78, 5) is 24.1. The fourth-order valence-corrected chi connectivity index (χ4v) is 2.44. The molecular formula is C15H28N2O4. The standard InChI is InChI=1S/C15H28N2O4/c1-4-20-15(19)13(9-11-6-5-7-21-11)17-14(18)12(16)8-10(2)3/h10-13H,4-9,16H2,1-3H3,(H,17,18)/t11-,12+,13?/m1/s1. The lowest BCUT2D eigenvalue weighted by Gasteiger charge is -2.22. The third kappa shape index (κ3) is 6.44. The molecule has 0 spiro atoms. The molecule has 0 radical (unpaired) electrons. The molecule has 0 saturated carbocycles. The van der Waals surface area contributed by atoms with E-state index in [1.165, 1.54) is 0 Å². The number of carbonyl (C=O) groups is 2. The fraction of sp³-hybridized carbons (Fsp3) is 0.867. The van der Waals surface area contributed by atoms with Crippen molar-refractivity contribution < 1.29 is 19.1 Å². The van der Waals surface area contributed by atoms with Crippen LogP contribution in [-0.2, 0) is 19.1 Å². The molecule has 0 aromatic carbocycles. The summed E-state index contributed by atoms with van der Waals surface area (Å²) in [6.07, 6.45) is 2.92. The molecule has 0 aliphatic carbocycles. The Kier molecular flexibility index (Phi) is 7.67. The van der Waals surface area contributed by atoms with Gasteiger partial charge in [0.25, 0.3) is 0 Å². The highest BCUT2D eigenvalue weighted by atomic mass is 16.5. The maximum Gasteiger partial charge on any atom is 0.328 e. The lowest BCUT2D eigenvalue weighted by atomic mass is 10.0. The minimum Gasteiger partial charge on any atom is -0.464 e. The number of hydrogen-bond donors (Lipinski definition) is 2. The molecule has 0 aromatic rings. The summed E-state index contributed by atoms with van der Waals surface area (Å²) in [6.45, 7) is 6.74. The molecule has 3 atom stereocenters. The summed E-state index contributed by atoms with van der Waals surface area (Å²) in [5.41, 5.74) is 5.85. The van der Waals surface area contributed by atoms with E-state index < -0.39 is 18.1 Å². The van der Waals surface area contributed by atoms with Crippen LogP contribution in [0.15, 0.2) is 0 Å². The first kappa shape index (κ1) is 17.9. The van der Waals surface area contributed by atoms with Gasteiger partial charge in [0, 0.05) is 13.0 Å². The molecule has 1 heterocycles. The van der Waals surface area contributed by atoms with Crippen molar-refractivity contribution in [2.75, 3.05) is 13.2 Å². The predicted octanol–water partition coefficient (Wildman–Crippen LogP) is 0.977. The largest absolute Gasteiger partial charge is 0.464 e. The van der Waals surface area contributed by atoms with Gasteiger partial charge >= 0.3 is 5.97 Å². The lowest BCUT2D eigenvalue weighted by molar-refractivity contribution is -0.148. The van der Waals surface area contributed by atoms with Crippen LogP contribution in [0.3, 0.4) is 0 Å². The number of carbonyl (C=O) groups excluding carboxylic acids is 2. The second kappa shape index (κ2) is 9.00. The van der Waals surface area contributed by atoms with E-state index in [-0.39, 0.29) is 18.6 Å². The zero-order chi connectivity index (χ0) is 15.8. The van der Waals surface area contributed by atoms with E-state index in [2.05, 4.69) is 5.32 Å². The number of nitrogens with two attached hydrogens (primary N) is 1. The Morgan fingerprint density at radius 1 is 1.43 bits per heavy atom. The topological polar surface area (TPSA) is 90.6 Å². The average Bonchev–Trinajstić information content (AvgIpc) is 2.90. The van der Waals surface area contributed by atoms with Crippen LogP contribution in [0.5, 0.6) is 0 Å². The summed E-state index contributed by atoms with van der Waals surface area (Å²) in [6, 6.07) is -1.29. The van der Waals surface area contributed by atoms with Gasteiger partial charge in [0.2, 0.25) is 5.91 Å². The van der Waals surface area contributed by atoms with Crippen molar-refractivity contribution >= 4 is 11.9 Å². The third-order valence-electron chi connectivity index (χ3n) is 3.47. The Hall–Kier alpha value is -1.14. The van der Waals surface area contributed by atoms with E-state index in [9.17, 15) is 9.59 Å². The van der Waals surface area contributed by atoms with E-state index >= 15 is 0 Å². The van der Waals surface area contributed by atoms with Crippen molar-refractivity contribution in [3.63, 3.8) is 0 Å². The van der Waals surface area contributed by atoms with Gasteiger partial charge in [-0.1, -0.05) is 13.8 Å². The van der Waals surface area contributed by atoms with E-state index in [4.69, 9.17) is 15.2 Å². The number of esters is 1. The number of amides is 1. The molecule has 21 heavy (non-hydrogen) atoms. The maximum atomic E-state index is 12.1. The van der Waals surface area contributed by atoms with E-state index in [1.54, 1.807) is 6.92 Å². The molecular weight excluding hydrogens is 272 g/mol. The van der Waals surface area contributed by atoms with Gasteiger partial charge in [-0.05, 0) is 32.1 Å². The second-order valence-electron chi connectivity index (χ2n) is 5.92. The SMILES string of the molecule is CCOC(=O)C(C[C@H]1CCCO1)NC(=O)[C@@H](N)CC(C)C. The highest BCUT2D eigenvalue weighted by molar-refractivity contribution is 5.87. The van der Waals surface area contributed by atoms with Crippen LogP contribution in [0.2, 0.25) is 0 Å². The van der Waals surface area contributed by atoms with Crippen LogP contribution in [0.25, 0.3) is 0 Å². The summed E-state index contributed by atoms with van der Waals surface area (Å²) in [5.74, 6) is -0.400. The summed E-state index contributed by atoms with van der Waals surface area (Å²) in [7, 11) is 0. The first-order valence-corrected chi connectivity index (χ1v) is 7.78. The smallest absolute Gasteiger partial charge is 0.328 e. The van der Waals surface area contributed by atoms with Gasteiger partial charge in [-0.2, -0.15) is 0 Å². The van der Waals surface area contributed by atoms with Crippen LogP contribution in [0, 0.1) is 5.92 Å². The molecule has 1 amide bonds. The number of nitrogens with one attached hydrogen (secondary N) is 1. The van der Waals surface area contributed by atoms with Crippen LogP contribution in [-0.4, -0.2) is 43.3 Å². The van der Waals surface area contributed by atoms with Crippen LogP contribution in [0.4, 0.5) is 0 Å². The first-order valence-electron chi connectivity index (χ1n) is 7.78. The quantitative estimate of drug-likeness (QED) is 0.652. The molecule has 122 valence electrons. The Labute approximate surface area is 126 Å². The van der Waals surface area contributed by atoms with Gasteiger partial charge < -0.3 is 20.5 Å². The monoisotopic (exact) mass is 300 g/mol. The Bertz CT molecular complexity index is 341. The minimum atomic E-state index is -0.682. The van der Waals surface area contributed by atoms with Crippen LogP contribution >= 0.6 is 0 Å². The van der Waals surface area contributed by atoms with Gasteiger partial charge in [0.1, 0.15) is 6.04 Å². The van der Waals surface area contributed by atoms with Crippen LogP contribution in [0.1, 0.15) is 46.5 Å². The minimum absolute atomic E-state index is 0.000953. The first-order chi connectivity index (χ1) is 9.93.